The van der Waals surface area contributed by atoms with Gasteiger partial charge in [-0.2, -0.15) is 0 Å². The fourth-order valence-corrected chi connectivity index (χ4v) is 4.18. The first-order valence-electron chi connectivity index (χ1n) is 10.8. The molecule has 0 spiro atoms. The van der Waals surface area contributed by atoms with Crippen LogP contribution in [-0.4, -0.2) is 93.1 Å². The van der Waals surface area contributed by atoms with Crippen LogP contribution < -0.4 is 14.8 Å². The summed E-state index contributed by atoms with van der Waals surface area (Å²) in [5.41, 5.74) is 1.04. The van der Waals surface area contributed by atoms with Crippen molar-refractivity contribution in [2.45, 2.75) is 32.4 Å². The highest BCUT2D eigenvalue weighted by atomic mass is 16.5. The van der Waals surface area contributed by atoms with Crippen molar-refractivity contribution in [3.05, 3.63) is 23.8 Å². The lowest BCUT2D eigenvalue weighted by atomic mass is 10.2. The maximum Gasteiger partial charge on any atom is 0.239 e. The van der Waals surface area contributed by atoms with Crippen LogP contribution in [0.4, 0.5) is 0 Å². The van der Waals surface area contributed by atoms with Crippen molar-refractivity contribution < 1.29 is 14.3 Å². The highest BCUT2D eigenvalue weighted by Crippen LogP contribution is 2.24. The molecule has 3 rings (SSSR count). The van der Waals surface area contributed by atoms with Crippen LogP contribution in [0, 0.1) is 0 Å². The van der Waals surface area contributed by atoms with Gasteiger partial charge in [-0.15, -0.1) is 0 Å². The van der Waals surface area contributed by atoms with E-state index >= 15 is 0 Å². The first kappa shape index (κ1) is 22.2. The van der Waals surface area contributed by atoms with Crippen molar-refractivity contribution in [1.29, 1.82) is 0 Å². The van der Waals surface area contributed by atoms with Crippen molar-refractivity contribution in [3.8, 4) is 11.5 Å². The Balaban J connectivity index is 1.52. The molecule has 2 aliphatic rings. The fourth-order valence-electron chi connectivity index (χ4n) is 4.18. The molecule has 30 heavy (non-hydrogen) atoms. The predicted molar refractivity (Wildman–Crippen MR) is 118 cm³/mol. The van der Waals surface area contributed by atoms with Crippen molar-refractivity contribution in [2.75, 3.05) is 60.5 Å². The second-order valence-corrected chi connectivity index (χ2v) is 7.81. The topological polar surface area (TPSA) is 69.6 Å². The summed E-state index contributed by atoms with van der Waals surface area (Å²) >= 11 is 0. The number of guanidine groups is 1. The summed E-state index contributed by atoms with van der Waals surface area (Å²) in [7, 11) is 5.12. The number of piperazine rings is 1. The molecule has 1 N–H and O–H groups in total. The Morgan fingerprint density at radius 2 is 1.77 bits per heavy atom. The van der Waals surface area contributed by atoms with Gasteiger partial charge in [-0.3, -0.25) is 14.7 Å². The molecule has 0 aliphatic carbocycles. The number of benzene rings is 1. The number of amides is 1. The summed E-state index contributed by atoms with van der Waals surface area (Å²) in [6, 6.07) is 5.77. The second-order valence-electron chi connectivity index (χ2n) is 7.81. The standard InChI is InChI=1S/C22H35N5O3/c1-17(21(28)26-9-5-6-10-26)25-11-13-27(14-12-25)22(23-2)24-16-18-7-8-19(29-3)15-20(18)30-4/h7-8,15,17H,5-6,9-14,16H2,1-4H3,(H,23,24). The molecule has 2 saturated heterocycles. The van der Waals surface area contributed by atoms with Crippen LogP contribution in [-0.2, 0) is 11.3 Å². The summed E-state index contributed by atoms with van der Waals surface area (Å²) in [5, 5.41) is 3.44. The Hall–Kier alpha value is -2.48. The number of hydrogen-bond acceptors (Lipinski definition) is 5. The van der Waals surface area contributed by atoms with E-state index in [1.165, 1.54) is 0 Å². The van der Waals surface area contributed by atoms with Crippen LogP contribution in [0.3, 0.4) is 0 Å². The van der Waals surface area contributed by atoms with E-state index < -0.39 is 0 Å². The lowest BCUT2D eigenvalue weighted by molar-refractivity contribution is -0.135. The number of carbonyl (C=O) groups excluding carboxylic acids is 1. The third kappa shape index (κ3) is 5.16. The molecule has 0 aromatic heterocycles. The van der Waals surface area contributed by atoms with Gasteiger partial charge in [0.1, 0.15) is 11.5 Å². The van der Waals surface area contributed by atoms with Gasteiger partial charge in [0.25, 0.3) is 0 Å². The fraction of sp³-hybridized carbons (Fsp3) is 0.636. The third-order valence-electron chi connectivity index (χ3n) is 6.08. The van der Waals surface area contributed by atoms with Gasteiger partial charge in [0.2, 0.25) is 5.91 Å². The first-order chi connectivity index (χ1) is 14.6. The van der Waals surface area contributed by atoms with Crippen molar-refractivity contribution in [1.82, 2.24) is 20.0 Å². The van der Waals surface area contributed by atoms with E-state index in [0.29, 0.717) is 6.54 Å². The number of nitrogens with one attached hydrogen (secondary N) is 1. The average Bonchev–Trinajstić information content (AvgIpc) is 3.34. The van der Waals surface area contributed by atoms with Crippen LogP contribution >= 0.6 is 0 Å². The molecule has 2 fully saturated rings. The summed E-state index contributed by atoms with van der Waals surface area (Å²) in [5.74, 6) is 2.70. The van der Waals surface area contributed by atoms with E-state index in [9.17, 15) is 4.79 Å². The Morgan fingerprint density at radius 3 is 2.37 bits per heavy atom. The van der Waals surface area contributed by atoms with Crippen LogP contribution in [0.1, 0.15) is 25.3 Å². The molecule has 8 nitrogen and oxygen atoms in total. The van der Waals surface area contributed by atoms with E-state index in [0.717, 1.165) is 75.1 Å². The van der Waals surface area contributed by atoms with Gasteiger partial charge in [-0.25, -0.2) is 0 Å². The Labute approximate surface area is 179 Å². The maximum atomic E-state index is 12.7. The van der Waals surface area contributed by atoms with Gasteiger partial charge >= 0.3 is 0 Å². The molecule has 1 amide bonds. The summed E-state index contributed by atoms with van der Waals surface area (Å²) < 4.78 is 10.8. The minimum atomic E-state index is -0.0521. The van der Waals surface area contributed by atoms with Crippen LogP contribution in [0.2, 0.25) is 0 Å². The SMILES string of the molecule is CN=C(NCc1ccc(OC)cc1OC)N1CCN(C(C)C(=O)N2CCCC2)CC1. The van der Waals surface area contributed by atoms with E-state index in [4.69, 9.17) is 9.47 Å². The zero-order chi connectivity index (χ0) is 21.5. The lowest BCUT2D eigenvalue weighted by Gasteiger charge is -2.39. The van der Waals surface area contributed by atoms with Crippen molar-refractivity contribution >= 4 is 11.9 Å². The Bertz CT molecular complexity index is 740. The van der Waals surface area contributed by atoms with Gasteiger partial charge in [0.15, 0.2) is 5.96 Å². The monoisotopic (exact) mass is 417 g/mol. The second kappa shape index (κ2) is 10.5. The summed E-state index contributed by atoms with van der Waals surface area (Å²) in [4.78, 5) is 23.7. The van der Waals surface area contributed by atoms with Crippen LogP contribution in [0.25, 0.3) is 0 Å². The summed E-state index contributed by atoms with van der Waals surface area (Å²) in [6.07, 6.45) is 2.26. The zero-order valence-corrected chi connectivity index (χ0v) is 18.7. The molecule has 0 bridgehead atoms. The Kier molecular flexibility index (Phi) is 7.79. The van der Waals surface area contributed by atoms with Crippen molar-refractivity contribution in [2.24, 2.45) is 4.99 Å². The molecule has 2 aliphatic heterocycles. The number of rotatable bonds is 6. The number of likely N-dealkylation sites (tertiary alicyclic amines) is 1. The van der Waals surface area contributed by atoms with Gasteiger partial charge in [-0.05, 0) is 31.9 Å². The molecule has 8 heteroatoms. The number of ether oxygens (including phenoxy) is 2. The van der Waals surface area contributed by atoms with E-state index in [-0.39, 0.29) is 11.9 Å². The minimum Gasteiger partial charge on any atom is -0.497 e. The molecule has 2 heterocycles. The average molecular weight is 418 g/mol. The van der Waals surface area contributed by atoms with Crippen molar-refractivity contribution in [3.63, 3.8) is 0 Å². The molecule has 1 aromatic rings. The molecular weight excluding hydrogens is 382 g/mol. The highest BCUT2D eigenvalue weighted by molar-refractivity contribution is 5.82. The Morgan fingerprint density at radius 1 is 1.07 bits per heavy atom. The molecule has 1 atom stereocenters. The smallest absolute Gasteiger partial charge is 0.239 e. The normalized spacial score (nSPS) is 19.0. The quantitative estimate of drug-likeness (QED) is 0.558. The zero-order valence-electron chi connectivity index (χ0n) is 18.7. The maximum absolute atomic E-state index is 12.7. The number of carbonyl (C=O) groups is 1. The molecular formula is C22H35N5O3. The van der Waals surface area contributed by atoms with E-state index in [1.54, 1.807) is 21.3 Å². The summed E-state index contributed by atoms with van der Waals surface area (Å²) in [6.45, 7) is 7.88. The third-order valence-corrected chi connectivity index (χ3v) is 6.08. The van der Waals surface area contributed by atoms with Gasteiger partial charge in [0.05, 0.1) is 20.3 Å². The predicted octanol–water partition coefficient (Wildman–Crippen LogP) is 1.41. The van der Waals surface area contributed by atoms with Gasteiger partial charge in [-0.1, -0.05) is 0 Å². The van der Waals surface area contributed by atoms with Gasteiger partial charge in [0, 0.05) is 64.5 Å². The van der Waals surface area contributed by atoms with E-state index in [1.807, 2.05) is 30.0 Å². The molecule has 1 unspecified atom stereocenters. The van der Waals surface area contributed by atoms with E-state index in [2.05, 4.69) is 20.1 Å². The van der Waals surface area contributed by atoms with Gasteiger partial charge < -0.3 is 24.6 Å². The first-order valence-corrected chi connectivity index (χ1v) is 10.8. The molecule has 0 saturated carbocycles. The highest BCUT2D eigenvalue weighted by Gasteiger charge is 2.30. The lowest BCUT2D eigenvalue weighted by Crippen LogP contribution is -2.57. The number of hydrogen-bond donors (Lipinski definition) is 1. The number of methoxy groups -OCH3 is 2. The molecule has 166 valence electrons. The van der Waals surface area contributed by atoms with Crippen LogP contribution in [0.5, 0.6) is 11.5 Å². The largest absolute Gasteiger partial charge is 0.497 e. The number of aliphatic imine (C=N–C) groups is 1. The van der Waals surface area contributed by atoms with Crippen LogP contribution in [0.15, 0.2) is 23.2 Å². The number of nitrogens with zero attached hydrogens (tertiary/aromatic N) is 4. The molecule has 1 aromatic carbocycles. The molecule has 0 radical (unpaired) electrons. The minimum absolute atomic E-state index is 0.0521.